The van der Waals surface area contributed by atoms with Crippen LogP contribution in [0.1, 0.15) is 39.2 Å². The second-order valence-corrected chi connectivity index (χ2v) is 7.32. The highest BCUT2D eigenvalue weighted by Gasteiger charge is 2.12. The molecule has 1 aromatic carbocycles. The quantitative estimate of drug-likeness (QED) is 0.639. The van der Waals surface area contributed by atoms with Crippen molar-refractivity contribution >= 4 is 18.2 Å². The first-order chi connectivity index (χ1) is 14.5. The molecule has 1 aromatic rings. The number of benzene rings is 1. The van der Waals surface area contributed by atoms with Crippen molar-refractivity contribution in [3.8, 4) is 0 Å². The molecule has 0 heterocycles. The Balaban J connectivity index is 0.000000446. The smallest absolute Gasteiger partial charge is 0.405 e. The number of carbonyl (C=O) groups is 3. The van der Waals surface area contributed by atoms with Gasteiger partial charge < -0.3 is 26.0 Å². The lowest BCUT2D eigenvalue weighted by atomic mass is 10.1. The molecular formula is C23H32N2O6. The van der Waals surface area contributed by atoms with Gasteiger partial charge in [0.25, 0.3) is 0 Å². The van der Waals surface area contributed by atoms with Crippen LogP contribution in [0.2, 0.25) is 0 Å². The van der Waals surface area contributed by atoms with E-state index in [2.05, 4.69) is 9.47 Å². The molecule has 0 fully saturated rings. The predicted molar refractivity (Wildman–Crippen MR) is 119 cm³/mol. The Kier molecular flexibility index (Phi) is 13.6. The topological polar surface area (TPSA) is 142 Å². The lowest BCUT2D eigenvalue weighted by Crippen LogP contribution is -2.27. The number of hydrogen-bond donors (Lipinski definition) is 3. The summed E-state index contributed by atoms with van der Waals surface area (Å²) >= 11 is 0. The van der Waals surface area contributed by atoms with Crippen LogP contribution in [0.15, 0.2) is 66.3 Å². The molecule has 2 amide bonds. The van der Waals surface area contributed by atoms with Crippen molar-refractivity contribution < 1.29 is 29.0 Å². The Morgan fingerprint density at radius 1 is 1.03 bits per heavy atom. The van der Waals surface area contributed by atoms with E-state index in [-0.39, 0.29) is 13.0 Å². The Morgan fingerprint density at radius 2 is 1.68 bits per heavy atom. The Labute approximate surface area is 183 Å². The highest BCUT2D eigenvalue weighted by atomic mass is 16.6. The van der Waals surface area contributed by atoms with Crippen LogP contribution in [0.4, 0.5) is 9.59 Å². The van der Waals surface area contributed by atoms with Gasteiger partial charge in [-0.2, -0.15) is 0 Å². The number of carbonyl (C=O) groups excluding carboxylic acids is 2. The summed E-state index contributed by atoms with van der Waals surface area (Å²) in [5, 5.41) is 8.37. The minimum atomic E-state index is -0.742. The lowest BCUT2D eigenvalue weighted by molar-refractivity contribution is -0.136. The van der Waals surface area contributed by atoms with E-state index in [0.717, 1.165) is 17.6 Å². The molecule has 8 nitrogen and oxygen atoms in total. The molecule has 0 saturated heterocycles. The third kappa shape index (κ3) is 19.5. The summed E-state index contributed by atoms with van der Waals surface area (Å²) in [5.74, 6) is -0.742. The summed E-state index contributed by atoms with van der Waals surface area (Å²) in [6.45, 7) is 5.54. The first-order valence-electron chi connectivity index (χ1n) is 9.68. The fourth-order valence-corrected chi connectivity index (χ4v) is 2.08. The molecule has 0 unspecified atom stereocenters. The second kappa shape index (κ2) is 15.3. The van der Waals surface area contributed by atoms with Crippen molar-refractivity contribution in [2.24, 2.45) is 11.5 Å². The van der Waals surface area contributed by atoms with E-state index in [4.69, 9.17) is 16.6 Å². The van der Waals surface area contributed by atoms with Crippen molar-refractivity contribution in [3.05, 3.63) is 71.8 Å². The van der Waals surface area contributed by atoms with E-state index < -0.39 is 23.8 Å². The number of carboxylic acids is 1. The van der Waals surface area contributed by atoms with Crippen molar-refractivity contribution in [2.45, 2.75) is 45.6 Å². The third-order valence-electron chi connectivity index (χ3n) is 3.33. The molecule has 1 aliphatic rings. The van der Waals surface area contributed by atoms with E-state index in [1.54, 1.807) is 20.8 Å². The summed E-state index contributed by atoms with van der Waals surface area (Å²) in [6.07, 6.45) is 10.0. The van der Waals surface area contributed by atoms with Gasteiger partial charge >= 0.3 is 18.2 Å². The van der Waals surface area contributed by atoms with Gasteiger partial charge in [0, 0.05) is 6.42 Å². The first-order valence-corrected chi connectivity index (χ1v) is 9.68. The van der Waals surface area contributed by atoms with Gasteiger partial charge in [0.15, 0.2) is 0 Å². The number of rotatable bonds is 5. The van der Waals surface area contributed by atoms with Gasteiger partial charge in [-0.05, 0) is 44.7 Å². The van der Waals surface area contributed by atoms with Crippen molar-refractivity contribution in [3.63, 3.8) is 0 Å². The molecule has 170 valence electrons. The molecule has 0 aliphatic heterocycles. The molecule has 8 heteroatoms. The van der Waals surface area contributed by atoms with Crippen LogP contribution < -0.4 is 11.5 Å². The maximum Gasteiger partial charge on any atom is 0.405 e. The summed E-state index contributed by atoms with van der Waals surface area (Å²) in [7, 11) is 0. The zero-order chi connectivity index (χ0) is 23.7. The van der Waals surface area contributed by atoms with E-state index >= 15 is 0 Å². The summed E-state index contributed by atoms with van der Waals surface area (Å²) in [6, 6.07) is 9.62. The fourth-order valence-electron chi connectivity index (χ4n) is 2.08. The number of ether oxygens (including phenoxy) is 2. The van der Waals surface area contributed by atoms with Crippen LogP contribution >= 0.6 is 0 Å². The summed E-state index contributed by atoms with van der Waals surface area (Å²) < 4.78 is 9.20. The highest BCUT2D eigenvalue weighted by Crippen LogP contribution is 2.05. The number of nitrogens with two attached hydrogens (primary N) is 2. The zero-order valence-electron chi connectivity index (χ0n) is 18.2. The molecule has 2 rings (SSSR count). The van der Waals surface area contributed by atoms with Crippen LogP contribution in [0.5, 0.6) is 0 Å². The van der Waals surface area contributed by atoms with Crippen molar-refractivity contribution in [1.29, 1.82) is 0 Å². The van der Waals surface area contributed by atoms with Crippen LogP contribution in [-0.2, 0) is 20.7 Å². The van der Waals surface area contributed by atoms with Crippen molar-refractivity contribution in [2.75, 3.05) is 6.61 Å². The number of aliphatic carboxylic acids is 1. The van der Waals surface area contributed by atoms with E-state index in [1.807, 2.05) is 60.7 Å². The maximum atomic E-state index is 10.3. The van der Waals surface area contributed by atoms with Crippen LogP contribution in [-0.4, -0.2) is 35.5 Å². The van der Waals surface area contributed by atoms with Gasteiger partial charge in [-0.3, -0.25) is 4.79 Å². The van der Waals surface area contributed by atoms with Crippen LogP contribution in [0.3, 0.4) is 0 Å². The third-order valence-corrected chi connectivity index (χ3v) is 3.33. The van der Waals surface area contributed by atoms with E-state index in [0.29, 0.717) is 6.42 Å². The first kappa shape index (κ1) is 27.4. The van der Waals surface area contributed by atoms with Gasteiger partial charge in [-0.25, -0.2) is 9.59 Å². The minimum Gasteiger partial charge on any atom is -0.481 e. The van der Waals surface area contributed by atoms with Gasteiger partial charge in [0.05, 0.1) is 0 Å². The highest BCUT2D eigenvalue weighted by molar-refractivity contribution is 5.67. The average Bonchev–Trinajstić information content (AvgIpc) is 2.93. The van der Waals surface area contributed by atoms with Crippen molar-refractivity contribution in [1.82, 2.24) is 0 Å². The number of primary amides is 2. The Morgan fingerprint density at radius 3 is 2.16 bits per heavy atom. The molecule has 5 N–H and O–H groups in total. The lowest BCUT2D eigenvalue weighted by Gasteiger charge is -2.16. The number of amides is 2. The fraction of sp³-hybridized carbons (Fsp3) is 0.348. The number of hydrogen-bond acceptors (Lipinski definition) is 5. The van der Waals surface area contributed by atoms with Crippen LogP contribution in [0, 0.1) is 0 Å². The second-order valence-electron chi connectivity index (χ2n) is 7.32. The number of carboxylic acid groups (broad SMARTS) is 1. The normalized spacial score (nSPS) is 12.0. The zero-order valence-corrected chi connectivity index (χ0v) is 18.2. The Hall–Kier alpha value is -3.55. The molecule has 0 atom stereocenters. The molecule has 0 spiro atoms. The molecule has 1 aliphatic carbocycles. The molecular weight excluding hydrogens is 400 g/mol. The van der Waals surface area contributed by atoms with Crippen LogP contribution in [0.25, 0.3) is 0 Å². The predicted octanol–water partition coefficient (Wildman–Crippen LogP) is 4.11. The van der Waals surface area contributed by atoms with E-state index in [9.17, 15) is 14.4 Å². The van der Waals surface area contributed by atoms with E-state index in [1.165, 1.54) is 0 Å². The van der Waals surface area contributed by atoms with Gasteiger partial charge in [0.2, 0.25) is 0 Å². The summed E-state index contributed by atoms with van der Waals surface area (Å²) in [4.78, 5) is 30.4. The summed E-state index contributed by atoms with van der Waals surface area (Å²) in [5.41, 5.74) is 11.1. The van der Waals surface area contributed by atoms with Gasteiger partial charge in [-0.1, -0.05) is 60.7 Å². The SMILES string of the molecule is CC(C)(C)OC(N)=O.NC(=O)OCC1=CCC=CC=C1.O=C(O)CCc1ccccc1. The van der Waals surface area contributed by atoms with Gasteiger partial charge in [0.1, 0.15) is 12.2 Å². The number of aryl methyl sites for hydroxylation is 1. The molecule has 0 aromatic heterocycles. The standard InChI is InChI=1S/C9H11NO2.C9H10O2.C5H11NO2/c10-9(11)12-7-8-5-3-1-2-4-6-8;10-9(11)7-6-8-4-2-1-3-5-8;1-5(2,3)8-4(6)7/h1-3,5-6H,4,7H2,(H2,10,11);1-5H,6-7H2,(H,10,11);1-3H3,(H2,6,7). The average molecular weight is 433 g/mol. The Bertz CT molecular complexity index is 777. The molecule has 0 saturated carbocycles. The largest absolute Gasteiger partial charge is 0.481 e. The molecule has 0 bridgehead atoms. The molecule has 31 heavy (non-hydrogen) atoms. The monoisotopic (exact) mass is 432 g/mol. The number of allylic oxidation sites excluding steroid dienone is 4. The molecule has 0 radical (unpaired) electrons. The van der Waals surface area contributed by atoms with Gasteiger partial charge in [-0.15, -0.1) is 0 Å². The maximum absolute atomic E-state index is 10.3. The minimum absolute atomic E-state index is 0.212.